The second-order valence-corrected chi connectivity index (χ2v) is 4.31. The molecule has 0 bridgehead atoms. The van der Waals surface area contributed by atoms with Gasteiger partial charge in [0, 0.05) is 18.2 Å². The van der Waals surface area contributed by atoms with Crippen molar-refractivity contribution in [2.75, 3.05) is 7.11 Å². The molecule has 0 saturated carbocycles. The summed E-state index contributed by atoms with van der Waals surface area (Å²) in [6.07, 6.45) is 4.23. The van der Waals surface area contributed by atoms with Gasteiger partial charge in [0.15, 0.2) is 0 Å². The van der Waals surface area contributed by atoms with Gasteiger partial charge < -0.3 is 14.2 Å². The third-order valence-electron chi connectivity index (χ3n) is 3.17. The third kappa shape index (κ3) is 2.01. The predicted octanol–water partition coefficient (Wildman–Crippen LogP) is 2.64. The smallest absolute Gasteiger partial charge is 0.141 e. The molecule has 3 aromatic rings. The maximum absolute atomic E-state index is 9.77. The molecular formula is C15H14N2O2. The predicted molar refractivity (Wildman–Crippen MR) is 72.7 cm³/mol. The number of fused-ring (bicyclic) bond motifs is 1. The van der Waals surface area contributed by atoms with E-state index in [0.29, 0.717) is 11.9 Å². The molecule has 3 rings (SSSR count). The van der Waals surface area contributed by atoms with E-state index in [4.69, 9.17) is 4.74 Å². The van der Waals surface area contributed by atoms with Crippen LogP contribution >= 0.6 is 0 Å². The van der Waals surface area contributed by atoms with Crippen LogP contribution in [0.5, 0.6) is 11.5 Å². The summed E-state index contributed by atoms with van der Waals surface area (Å²) in [7, 11) is 1.66. The molecule has 0 aliphatic rings. The van der Waals surface area contributed by atoms with Gasteiger partial charge in [-0.15, -0.1) is 0 Å². The first-order chi connectivity index (χ1) is 9.29. The number of ether oxygens (including phenoxy) is 1. The van der Waals surface area contributed by atoms with E-state index in [1.54, 1.807) is 25.4 Å². The Bertz CT molecular complexity index is 719. The van der Waals surface area contributed by atoms with Gasteiger partial charge in [0.2, 0.25) is 0 Å². The van der Waals surface area contributed by atoms with E-state index < -0.39 is 0 Å². The van der Waals surface area contributed by atoms with Crippen molar-refractivity contribution in [2.24, 2.45) is 0 Å². The summed E-state index contributed by atoms with van der Waals surface area (Å²) in [5.41, 5.74) is 1.79. The van der Waals surface area contributed by atoms with Gasteiger partial charge >= 0.3 is 0 Å². The maximum atomic E-state index is 9.77. The minimum absolute atomic E-state index is 0.237. The van der Waals surface area contributed by atoms with Gasteiger partial charge in [0.1, 0.15) is 22.8 Å². The van der Waals surface area contributed by atoms with Crippen LogP contribution in [0.25, 0.3) is 5.52 Å². The molecule has 0 unspecified atom stereocenters. The molecule has 0 aliphatic heterocycles. The number of pyridine rings is 1. The lowest BCUT2D eigenvalue weighted by Gasteiger charge is -2.07. The molecule has 96 valence electrons. The summed E-state index contributed by atoms with van der Waals surface area (Å²) in [4.78, 5) is 4.37. The van der Waals surface area contributed by atoms with Crippen molar-refractivity contribution < 1.29 is 9.84 Å². The minimum atomic E-state index is 0.237. The molecule has 0 fully saturated rings. The van der Waals surface area contributed by atoms with Crippen molar-refractivity contribution in [1.29, 1.82) is 0 Å². The van der Waals surface area contributed by atoms with E-state index in [1.807, 2.05) is 34.9 Å². The summed E-state index contributed by atoms with van der Waals surface area (Å²) < 4.78 is 7.23. The zero-order chi connectivity index (χ0) is 13.2. The number of nitrogens with zero attached hydrogens (tertiary/aromatic N) is 2. The van der Waals surface area contributed by atoms with Crippen LogP contribution in [0.4, 0.5) is 0 Å². The van der Waals surface area contributed by atoms with Gasteiger partial charge in [-0.2, -0.15) is 0 Å². The molecule has 0 saturated heterocycles. The number of hydrogen-bond donors (Lipinski definition) is 1. The fourth-order valence-corrected chi connectivity index (χ4v) is 2.21. The highest BCUT2D eigenvalue weighted by Gasteiger charge is 2.09. The van der Waals surface area contributed by atoms with Crippen molar-refractivity contribution >= 4 is 5.52 Å². The molecule has 2 aromatic heterocycles. The first-order valence-corrected chi connectivity index (χ1v) is 6.05. The van der Waals surface area contributed by atoms with Crippen LogP contribution in [0, 0.1) is 0 Å². The monoisotopic (exact) mass is 254 g/mol. The van der Waals surface area contributed by atoms with E-state index in [2.05, 4.69) is 4.98 Å². The molecule has 2 heterocycles. The zero-order valence-corrected chi connectivity index (χ0v) is 10.6. The van der Waals surface area contributed by atoms with Crippen molar-refractivity contribution in [3.05, 3.63) is 60.2 Å². The fourth-order valence-electron chi connectivity index (χ4n) is 2.21. The Balaban J connectivity index is 2.04. The van der Waals surface area contributed by atoms with Crippen molar-refractivity contribution in [3.63, 3.8) is 0 Å². The SMILES string of the molecule is COc1ccccc1Cc1ncc2c(O)cccn12. The zero-order valence-electron chi connectivity index (χ0n) is 10.6. The Labute approximate surface area is 110 Å². The average Bonchev–Trinajstić information content (AvgIpc) is 2.84. The van der Waals surface area contributed by atoms with Crippen molar-refractivity contribution in [2.45, 2.75) is 6.42 Å². The van der Waals surface area contributed by atoms with Gasteiger partial charge in [-0.3, -0.25) is 0 Å². The van der Waals surface area contributed by atoms with E-state index in [-0.39, 0.29) is 5.75 Å². The number of benzene rings is 1. The molecule has 0 amide bonds. The molecule has 19 heavy (non-hydrogen) atoms. The number of aromatic hydroxyl groups is 1. The first kappa shape index (κ1) is 11.6. The van der Waals surface area contributed by atoms with Gasteiger partial charge in [-0.05, 0) is 18.2 Å². The van der Waals surface area contributed by atoms with Crippen LogP contribution in [-0.4, -0.2) is 21.6 Å². The van der Waals surface area contributed by atoms with E-state index in [9.17, 15) is 5.11 Å². The number of imidazole rings is 1. The lowest BCUT2D eigenvalue weighted by Crippen LogP contribution is -1.98. The number of para-hydroxylation sites is 1. The molecule has 0 spiro atoms. The average molecular weight is 254 g/mol. The topological polar surface area (TPSA) is 46.8 Å². The fraction of sp³-hybridized carbons (Fsp3) is 0.133. The Morgan fingerprint density at radius 3 is 2.89 bits per heavy atom. The van der Waals surface area contributed by atoms with Gasteiger partial charge in [-0.1, -0.05) is 18.2 Å². The Hall–Kier alpha value is -2.49. The highest BCUT2D eigenvalue weighted by atomic mass is 16.5. The number of methoxy groups -OCH3 is 1. The summed E-state index contributed by atoms with van der Waals surface area (Å²) in [6.45, 7) is 0. The molecule has 0 aliphatic carbocycles. The summed E-state index contributed by atoms with van der Waals surface area (Å²) >= 11 is 0. The second kappa shape index (κ2) is 4.65. The van der Waals surface area contributed by atoms with Crippen LogP contribution in [0.2, 0.25) is 0 Å². The highest BCUT2D eigenvalue weighted by molar-refractivity contribution is 5.58. The maximum Gasteiger partial charge on any atom is 0.141 e. The Morgan fingerprint density at radius 1 is 1.21 bits per heavy atom. The lowest BCUT2D eigenvalue weighted by molar-refractivity contribution is 0.410. The van der Waals surface area contributed by atoms with Crippen LogP contribution in [-0.2, 0) is 6.42 Å². The van der Waals surface area contributed by atoms with Gasteiger partial charge in [-0.25, -0.2) is 4.98 Å². The van der Waals surface area contributed by atoms with Gasteiger partial charge in [0.25, 0.3) is 0 Å². The molecule has 4 heteroatoms. The molecule has 4 nitrogen and oxygen atoms in total. The Morgan fingerprint density at radius 2 is 2.05 bits per heavy atom. The van der Waals surface area contributed by atoms with Crippen molar-refractivity contribution in [3.8, 4) is 11.5 Å². The number of hydrogen-bond acceptors (Lipinski definition) is 3. The molecular weight excluding hydrogens is 240 g/mol. The third-order valence-corrected chi connectivity index (χ3v) is 3.17. The van der Waals surface area contributed by atoms with Crippen LogP contribution < -0.4 is 4.74 Å². The van der Waals surface area contributed by atoms with E-state index >= 15 is 0 Å². The van der Waals surface area contributed by atoms with Crippen LogP contribution in [0.1, 0.15) is 11.4 Å². The van der Waals surface area contributed by atoms with E-state index in [0.717, 1.165) is 17.1 Å². The first-order valence-electron chi connectivity index (χ1n) is 6.05. The van der Waals surface area contributed by atoms with Crippen LogP contribution in [0.3, 0.4) is 0 Å². The van der Waals surface area contributed by atoms with E-state index in [1.165, 1.54) is 0 Å². The van der Waals surface area contributed by atoms with Crippen molar-refractivity contribution in [1.82, 2.24) is 9.38 Å². The molecule has 1 N–H and O–H groups in total. The highest BCUT2D eigenvalue weighted by Crippen LogP contribution is 2.23. The quantitative estimate of drug-likeness (QED) is 0.781. The molecule has 0 radical (unpaired) electrons. The van der Waals surface area contributed by atoms with Crippen LogP contribution in [0.15, 0.2) is 48.8 Å². The Kier molecular flexibility index (Phi) is 2.83. The molecule has 0 atom stereocenters. The largest absolute Gasteiger partial charge is 0.506 e. The molecule has 1 aromatic carbocycles. The summed E-state index contributed by atoms with van der Waals surface area (Å²) in [6, 6.07) is 11.3. The lowest BCUT2D eigenvalue weighted by atomic mass is 10.1. The minimum Gasteiger partial charge on any atom is -0.506 e. The summed E-state index contributed by atoms with van der Waals surface area (Å²) in [5, 5.41) is 9.77. The van der Waals surface area contributed by atoms with Gasteiger partial charge in [0.05, 0.1) is 13.3 Å². The normalized spacial score (nSPS) is 10.8. The standard InChI is InChI=1S/C15H14N2O2/c1-19-14-7-3-2-5-11(14)9-15-16-10-12-13(18)6-4-8-17(12)15/h2-8,10,18H,9H2,1H3. The number of aromatic nitrogens is 2. The second-order valence-electron chi connectivity index (χ2n) is 4.31. The summed E-state index contributed by atoms with van der Waals surface area (Å²) in [5.74, 6) is 1.95. The number of rotatable bonds is 3.